The van der Waals surface area contributed by atoms with Crippen LogP contribution in [0.15, 0.2) is 29.2 Å². The average molecular weight is 337 g/mol. The molecule has 126 valence electrons. The minimum absolute atomic E-state index is 0. The fraction of sp³-hybridized carbons (Fsp3) is 0.529. The van der Waals surface area contributed by atoms with Gasteiger partial charge in [-0.3, -0.25) is 14.1 Å². The smallest absolute Gasteiger partial charge is 0.258 e. The summed E-state index contributed by atoms with van der Waals surface area (Å²) in [4.78, 5) is 19.3. The quantitative estimate of drug-likeness (QED) is 0.926. The Labute approximate surface area is 143 Å². The van der Waals surface area contributed by atoms with Gasteiger partial charge in [-0.05, 0) is 57.5 Å². The maximum absolute atomic E-state index is 12.3. The second-order valence-corrected chi connectivity index (χ2v) is 6.32. The average Bonchev–Trinajstić information content (AvgIpc) is 2.49. The monoisotopic (exact) mass is 336 g/mol. The lowest BCUT2D eigenvalue weighted by Gasteiger charge is -2.32. The van der Waals surface area contributed by atoms with Crippen LogP contribution >= 0.6 is 12.4 Å². The van der Waals surface area contributed by atoms with Gasteiger partial charge in [0.05, 0.1) is 5.69 Å². The van der Waals surface area contributed by atoms with E-state index in [1.165, 1.54) is 12.8 Å². The Morgan fingerprint density at radius 2 is 2.22 bits per heavy atom. The minimum atomic E-state index is 0. The molecule has 0 bridgehead atoms. The number of hydrogen-bond acceptors (Lipinski definition) is 4. The van der Waals surface area contributed by atoms with E-state index in [4.69, 9.17) is 0 Å². The molecule has 6 heteroatoms. The molecule has 1 unspecified atom stereocenters. The third-order valence-corrected chi connectivity index (χ3v) is 4.34. The third kappa shape index (κ3) is 4.31. The number of piperidine rings is 1. The first-order valence-electron chi connectivity index (χ1n) is 8.01. The van der Waals surface area contributed by atoms with Crippen molar-refractivity contribution in [1.29, 1.82) is 0 Å². The number of halogens is 1. The van der Waals surface area contributed by atoms with Crippen molar-refractivity contribution in [1.82, 2.24) is 19.6 Å². The van der Waals surface area contributed by atoms with E-state index in [1.807, 2.05) is 32.3 Å². The molecule has 0 radical (unpaired) electrons. The number of rotatable bonds is 4. The highest BCUT2D eigenvalue weighted by Crippen LogP contribution is 2.17. The van der Waals surface area contributed by atoms with Crippen LogP contribution in [0.25, 0.3) is 5.65 Å². The van der Waals surface area contributed by atoms with Crippen LogP contribution in [0.5, 0.6) is 0 Å². The molecule has 1 aliphatic heterocycles. The molecule has 3 heterocycles. The summed E-state index contributed by atoms with van der Waals surface area (Å²) in [6, 6.07) is 5.59. The molecule has 2 aromatic rings. The normalized spacial score (nSPS) is 18.8. The summed E-state index contributed by atoms with van der Waals surface area (Å²) in [5, 5.41) is 3.26. The zero-order valence-electron chi connectivity index (χ0n) is 13.8. The van der Waals surface area contributed by atoms with Crippen molar-refractivity contribution in [3.05, 3.63) is 46.0 Å². The van der Waals surface area contributed by atoms with E-state index in [2.05, 4.69) is 15.2 Å². The lowest BCUT2D eigenvalue weighted by atomic mass is 9.98. The number of nitrogens with one attached hydrogen (secondary N) is 1. The van der Waals surface area contributed by atoms with Crippen LogP contribution in [0.2, 0.25) is 0 Å². The fourth-order valence-electron chi connectivity index (χ4n) is 3.32. The van der Waals surface area contributed by atoms with Crippen LogP contribution in [0.3, 0.4) is 0 Å². The third-order valence-electron chi connectivity index (χ3n) is 4.34. The number of aryl methyl sites for hydroxylation is 1. The van der Waals surface area contributed by atoms with Crippen molar-refractivity contribution in [2.24, 2.45) is 5.92 Å². The largest absolute Gasteiger partial charge is 0.319 e. The number of fused-ring (bicyclic) bond motifs is 1. The van der Waals surface area contributed by atoms with Gasteiger partial charge in [0.2, 0.25) is 0 Å². The van der Waals surface area contributed by atoms with Crippen molar-refractivity contribution in [3.8, 4) is 0 Å². The molecule has 23 heavy (non-hydrogen) atoms. The summed E-state index contributed by atoms with van der Waals surface area (Å²) >= 11 is 0. The molecule has 1 atom stereocenters. The Morgan fingerprint density at radius 3 is 3.00 bits per heavy atom. The molecule has 0 aliphatic carbocycles. The highest BCUT2D eigenvalue weighted by atomic mass is 35.5. The van der Waals surface area contributed by atoms with Gasteiger partial charge in [0, 0.05) is 25.4 Å². The van der Waals surface area contributed by atoms with Gasteiger partial charge in [-0.15, -0.1) is 12.4 Å². The molecule has 0 spiro atoms. The molecule has 1 fully saturated rings. The van der Waals surface area contributed by atoms with Crippen LogP contribution in [0.4, 0.5) is 0 Å². The second kappa shape index (κ2) is 7.90. The van der Waals surface area contributed by atoms with E-state index < -0.39 is 0 Å². The Morgan fingerprint density at radius 1 is 1.39 bits per heavy atom. The van der Waals surface area contributed by atoms with Crippen molar-refractivity contribution in [3.63, 3.8) is 0 Å². The molecule has 1 saturated heterocycles. The highest BCUT2D eigenvalue weighted by Gasteiger charge is 2.19. The maximum atomic E-state index is 12.3. The molecule has 2 aromatic heterocycles. The van der Waals surface area contributed by atoms with E-state index >= 15 is 0 Å². The molecule has 3 rings (SSSR count). The molecule has 1 aliphatic rings. The molecular formula is C17H25ClN4O. The molecule has 0 aromatic carbocycles. The maximum Gasteiger partial charge on any atom is 0.258 e. The van der Waals surface area contributed by atoms with Crippen LogP contribution in [-0.2, 0) is 6.54 Å². The Balaban J connectivity index is 0.00000192. The summed E-state index contributed by atoms with van der Waals surface area (Å²) in [6.45, 7) is 5.98. The molecule has 1 N–H and O–H groups in total. The highest BCUT2D eigenvalue weighted by molar-refractivity contribution is 5.85. The zero-order chi connectivity index (χ0) is 15.5. The van der Waals surface area contributed by atoms with Gasteiger partial charge >= 0.3 is 0 Å². The number of likely N-dealkylation sites (tertiary alicyclic amines) is 1. The standard InChI is InChI=1S/C17H24N4O.ClH/c1-13-5-6-16-19-15(8-17(22)21(16)10-13)12-20-7-3-4-14(11-20)9-18-2;/h5-6,8,10,14,18H,3-4,7,9,11-12H2,1-2H3;1H. The predicted molar refractivity (Wildman–Crippen MR) is 95.4 cm³/mol. The summed E-state index contributed by atoms with van der Waals surface area (Å²) in [6.07, 6.45) is 4.35. The number of pyridine rings is 1. The first-order valence-corrected chi connectivity index (χ1v) is 8.01. The van der Waals surface area contributed by atoms with E-state index in [1.54, 1.807) is 10.5 Å². The molecular weight excluding hydrogens is 312 g/mol. The van der Waals surface area contributed by atoms with E-state index in [-0.39, 0.29) is 18.0 Å². The number of aromatic nitrogens is 2. The summed E-state index contributed by atoms with van der Waals surface area (Å²) < 4.78 is 1.62. The van der Waals surface area contributed by atoms with Crippen molar-refractivity contribution >= 4 is 18.1 Å². The van der Waals surface area contributed by atoms with Gasteiger partial charge in [0.15, 0.2) is 0 Å². The molecule has 0 saturated carbocycles. The van der Waals surface area contributed by atoms with Crippen LogP contribution < -0.4 is 10.9 Å². The Kier molecular flexibility index (Phi) is 6.16. The summed E-state index contributed by atoms with van der Waals surface area (Å²) in [5.41, 5.74) is 2.68. The lowest BCUT2D eigenvalue weighted by Crippen LogP contribution is -2.39. The fourth-order valence-corrected chi connectivity index (χ4v) is 3.32. The van der Waals surface area contributed by atoms with Gasteiger partial charge in [-0.25, -0.2) is 4.98 Å². The van der Waals surface area contributed by atoms with Crippen LogP contribution in [0.1, 0.15) is 24.1 Å². The second-order valence-electron chi connectivity index (χ2n) is 6.32. The minimum Gasteiger partial charge on any atom is -0.319 e. The molecule has 5 nitrogen and oxygen atoms in total. The number of nitrogens with zero attached hydrogens (tertiary/aromatic N) is 3. The van der Waals surface area contributed by atoms with Crippen LogP contribution in [0, 0.1) is 12.8 Å². The Hall–Kier alpha value is -1.43. The van der Waals surface area contributed by atoms with Gasteiger partial charge in [-0.2, -0.15) is 0 Å². The SMILES string of the molecule is CNCC1CCCN(Cc2cc(=O)n3cc(C)ccc3n2)C1.Cl. The van der Waals surface area contributed by atoms with Crippen molar-refractivity contribution in [2.45, 2.75) is 26.3 Å². The zero-order valence-corrected chi connectivity index (χ0v) is 14.6. The van der Waals surface area contributed by atoms with Gasteiger partial charge < -0.3 is 5.32 Å². The topological polar surface area (TPSA) is 49.6 Å². The van der Waals surface area contributed by atoms with Gasteiger partial charge in [0.1, 0.15) is 5.65 Å². The Bertz CT molecular complexity index is 713. The lowest BCUT2D eigenvalue weighted by molar-refractivity contribution is 0.165. The van der Waals surface area contributed by atoms with Crippen LogP contribution in [-0.4, -0.2) is 41.0 Å². The summed E-state index contributed by atoms with van der Waals surface area (Å²) in [7, 11) is 2.01. The number of hydrogen-bond donors (Lipinski definition) is 1. The first kappa shape index (κ1) is 17.9. The van der Waals surface area contributed by atoms with E-state index in [9.17, 15) is 4.79 Å². The molecule has 0 amide bonds. The van der Waals surface area contributed by atoms with Gasteiger partial charge in [-0.1, -0.05) is 6.07 Å². The van der Waals surface area contributed by atoms with E-state index in [0.717, 1.165) is 43.1 Å². The first-order chi connectivity index (χ1) is 10.7. The van der Waals surface area contributed by atoms with Crippen molar-refractivity contribution in [2.75, 3.05) is 26.7 Å². The predicted octanol–water partition coefficient (Wildman–Crippen LogP) is 1.86. The van der Waals surface area contributed by atoms with Crippen molar-refractivity contribution < 1.29 is 0 Å². The van der Waals surface area contributed by atoms with Gasteiger partial charge in [0.25, 0.3) is 5.56 Å². The summed E-state index contributed by atoms with van der Waals surface area (Å²) in [5.74, 6) is 0.697. The van der Waals surface area contributed by atoms with E-state index in [0.29, 0.717) is 5.92 Å².